The van der Waals surface area contributed by atoms with Crippen molar-refractivity contribution in [2.45, 2.75) is 19.0 Å². The van der Waals surface area contributed by atoms with Crippen molar-refractivity contribution in [3.05, 3.63) is 0 Å². The molecule has 0 radical (unpaired) electrons. The quantitative estimate of drug-likeness (QED) is 0.574. The Bertz CT molecular complexity index is 112. The molecule has 1 fully saturated rings. The summed E-state index contributed by atoms with van der Waals surface area (Å²) >= 11 is 1.75. The highest BCUT2D eigenvalue weighted by atomic mass is 32.2. The normalized spacial score (nSPS) is 29.5. The highest BCUT2D eigenvalue weighted by Crippen LogP contribution is 2.25. The molecular formula is C7H11FOS. The standard InChI is InChI=1S/C7H11FOS/c8-7(4-9)6-2-1-3-10-5-6/h4,6-7H,1-3,5H2. The van der Waals surface area contributed by atoms with Gasteiger partial charge in [0.1, 0.15) is 0 Å². The van der Waals surface area contributed by atoms with Crippen molar-refractivity contribution in [2.24, 2.45) is 5.92 Å². The van der Waals surface area contributed by atoms with Gasteiger partial charge in [0.05, 0.1) is 0 Å². The minimum atomic E-state index is -1.22. The largest absolute Gasteiger partial charge is 0.300 e. The minimum Gasteiger partial charge on any atom is -0.300 e. The van der Waals surface area contributed by atoms with Gasteiger partial charge in [0.2, 0.25) is 0 Å². The van der Waals surface area contributed by atoms with Gasteiger partial charge in [-0.15, -0.1) is 0 Å². The molecule has 0 aromatic rings. The van der Waals surface area contributed by atoms with Gasteiger partial charge in [-0.1, -0.05) is 0 Å². The fourth-order valence-corrected chi connectivity index (χ4v) is 2.32. The van der Waals surface area contributed by atoms with Crippen LogP contribution in [-0.4, -0.2) is 24.0 Å². The van der Waals surface area contributed by atoms with Crippen molar-refractivity contribution in [1.82, 2.24) is 0 Å². The van der Waals surface area contributed by atoms with E-state index in [9.17, 15) is 9.18 Å². The molecule has 0 aromatic carbocycles. The molecule has 2 atom stereocenters. The number of aldehydes is 1. The molecule has 10 heavy (non-hydrogen) atoms. The summed E-state index contributed by atoms with van der Waals surface area (Å²) in [5.41, 5.74) is 0. The van der Waals surface area contributed by atoms with Gasteiger partial charge in [0.25, 0.3) is 0 Å². The summed E-state index contributed by atoms with van der Waals surface area (Å²) in [6.45, 7) is 0. The van der Waals surface area contributed by atoms with E-state index in [4.69, 9.17) is 0 Å². The van der Waals surface area contributed by atoms with Crippen LogP contribution in [0.3, 0.4) is 0 Å². The molecule has 0 saturated carbocycles. The van der Waals surface area contributed by atoms with Crippen molar-refractivity contribution in [3.63, 3.8) is 0 Å². The topological polar surface area (TPSA) is 17.1 Å². The predicted molar refractivity (Wildman–Crippen MR) is 41.0 cm³/mol. The summed E-state index contributed by atoms with van der Waals surface area (Å²) < 4.78 is 12.6. The lowest BCUT2D eigenvalue weighted by Crippen LogP contribution is -2.22. The Morgan fingerprint density at radius 2 is 2.50 bits per heavy atom. The van der Waals surface area contributed by atoms with Crippen LogP contribution >= 0.6 is 11.8 Å². The van der Waals surface area contributed by atoms with Crippen LogP contribution in [0, 0.1) is 5.92 Å². The fraction of sp³-hybridized carbons (Fsp3) is 0.857. The van der Waals surface area contributed by atoms with Crippen LogP contribution < -0.4 is 0 Å². The SMILES string of the molecule is O=CC(F)C1CCCSC1. The average molecular weight is 162 g/mol. The summed E-state index contributed by atoms with van der Waals surface area (Å²) in [6.07, 6.45) is 1.15. The van der Waals surface area contributed by atoms with Crippen molar-refractivity contribution >= 4 is 18.0 Å². The van der Waals surface area contributed by atoms with Crippen LogP contribution in [0.15, 0.2) is 0 Å². The van der Waals surface area contributed by atoms with Crippen LogP contribution in [0.2, 0.25) is 0 Å². The number of halogens is 1. The number of alkyl halides is 1. The van der Waals surface area contributed by atoms with Crippen LogP contribution in [-0.2, 0) is 4.79 Å². The molecule has 0 aliphatic carbocycles. The average Bonchev–Trinajstić information content (AvgIpc) is 2.05. The molecule has 0 bridgehead atoms. The number of carbonyl (C=O) groups is 1. The first-order chi connectivity index (χ1) is 4.84. The second kappa shape index (κ2) is 3.96. The van der Waals surface area contributed by atoms with Crippen LogP contribution in [0.4, 0.5) is 4.39 Å². The second-order valence-electron chi connectivity index (χ2n) is 2.56. The number of carbonyl (C=O) groups excluding carboxylic acids is 1. The Morgan fingerprint density at radius 3 is 3.00 bits per heavy atom. The molecule has 0 N–H and O–H groups in total. The molecule has 2 unspecified atom stereocenters. The van der Waals surface area contributed by atoms with Crippen LogP contribution in [0.5, 0.6) is 0 Å². The Hall–Kier alpha value is -0.0500. The maximum absolute atomic E-state index is 12.6. The van der Waals surface area contributed by atoms with E-state index in [0.717, 1.165) is 24.3 Å². The molecule has 58 valence electrons. The molecule has 1 rings (SSSR count). The summed E-state index contributed by atoms with van der Waals surface area (Å²) in [5, 5.41) is 0. The molecular weight excluding hydrogens is 151 g/mol. The Labute approximate surface area is 64.4 Å². The van der Waals surface area contributed by atoms with E-state index in [-0.39, 0.29) is 5.92 Å². The molecule has 1 saturated heterocycles. The van der Waals surface area contributed by atoms with Gasteiger partial charge in [-0.25, -0.2) is 4.39 Å². The number of hydrogen-bond donors (Lipinski definition) is 0. The summed E-state index contributed by atoms with van der Waals surface area (Å²) in [6, 6.07) is 0. The Kier molecular flexibility index (Phi) is 3.19. The number of rotatable bonds is 2. The predicted octanol–water partition coefficient (Wildman–Crippen LogP) is 1.67. The van der Waals surface area contributed by atoms with Gasteiger partial charge in [0, 0.05) is 5.92 Å². The van der Waals surface area contributed by atoms with E-state index in [2.05, 4.69) is 0 Å². The fourth-order valence-electron chi connectivity index (χ4n) is 1.13. The maximum Gasteiger partial charge on any atom is 0.159 e. The lowest BCUT2D eigenvalue weighted by atomic mass is 10.0. The van der Waals surface area contributed by atoms with E-state index in [1.165, 1.54) is 0 Å². The first kappa shape index (κ1) is 8.05. The van der Waals surface area contributed by atoms with E-state index in [0.29, 0.717) is 6.29 Å². The van der Waals surface area contributed by atoms with E-state index in [1.807, 2.05) is 0 Å². The lowest BCUT2D eigenvalue weighted by molar-refractivity contribution is -0.113. The molecule has 0 amide bonds. The highest BCUT2D eigenvalue weighted by molar-refractivity contribution is 7.99. The third-order valence-corrected chi connectivity index (χ3v) is 3.02. The number of hydrogen-bond acceptors (Lipinski definition) is 2. The molecule has 0 spiro atoms. The number of thioether (sulfide) groups is 1. The Morgan fingerprint density at radius 1 is 1.70 bits per heavy atom. The highest BCUT2D eigenvalue weighted by Gasteiger charge is 2.22. The third-order valence-electron chi connectivity index (χ3n) is 1.78. The van der Waals surface area contributed by atoms with Crippen LogP contribution in [0.1, 0.15) is 12.8 Å². The summed E-state index contributed by atoms with van der Waals surface area (Å²) in [5.74, 6) is 1.94. The molecule has 0 aromatic heterocycles. The van der Waals surface area contributed by atoms with Gasteiger partial charge in [-0.3, -0.25) is 0 Å². The molecule has 1 aliphatic heterocycles. The molecule has 1 nitrogen and oxygen atoms in total. The minimum absolute atomic E-state index is 0.00347. The van der Waals surface area contributed by atoms with Crippen molar-refractivity contribution in [1.29, 1.82) is 0 Å². The first-order valence-electron chi connectivity index (χ1n) is 3.51. The zero-order chi connectivity index (χ0) is 7.40. The Balaban J connectivity index is 2.30. The zero-order valence-electron chi connectivity index (χ0n) is 5.75. The first-order valence-corrected chi connectivity index (χ1v) is 4.67. The summed E-state index contributed by atoms with van der Waals surface area (Å²) in [4.78, 5) is 10.0. The van der Waals surface area contributed by atoms with Gasteiger partial charge in [-0.2, -0.15) is 11.8 Å². The van der Waals surface area contributed by atoms with Crippen molar-refractivity contribution in [2.75, 3.05) is 11.5 Å². The molecule has 3 heteroatoms. The molecule has 1 heterocycles. The van der Waals surface area contributed by atoms with Crippen molar-refractivity contribution < 1.29 is 9.18 Å². The monoisotopic (exact) mass is 162 g/mol. The van der Waals surface area contributed by atoms with Gasteiger partial charge < -0.3 is 4.79 Å². The van der Waals surface area contributed by atoms with Crippen LogP contribution in [0.25, 0.3) is 0 Å². The second-order valence-corrected chi connectivity index (χ2v) is 3.71. The van der Waals surface area contributed by atoms with E-state index < -0.39 is 6.17 Å². The third kappa shape index (κ3) is 1.97. The zero-order valence-corrected chi connectivity index (χ0v) is 6.57. The lowest BCUT2D eigenvalue weighted by Gasteiger charge is -2.20. The van der Waals surface area contributed by atoms with Gasteiger partial charge in [0.15, 0.2) is 12.5 Å². The van der Waals surface area contributed by atoms with Crippen molar-refractivity contribution in [3.8, 4) is 0 Å². The molecule has 1 aliphatic rings. The van der Waals surface area contributed by atoms with Gasteiger partial charge >= 0.3 is 0 Å². The van der Waals surface area contributed by atoms with E-state index >= 15 is 0 Å². The smallest absolute Gasteiger partial charge is 0.159 e. The van der Waals surface area contributed by atoms with Gasteiger partial charge in [-0.05, 0) is 24.3 Å². The van der Waals surface area contributed by atoms with E-state index in [1.54, 1.807) is 11.8 Å². The maximum atomic E-state index is 12.6. The summed E-state index contributed by atoms with van der Waals surface area (Å²) in [7, 11) is 0.